The van der Waals surface area contributed by atoms with Crippen molar-refractivity contribution in [3.63, 3.8) is 0 Å². The largest absolute Gasteiger partial charge is 0.347 e. The van der Waals surface area contributed by atoms with Crippen molar-refractivity contribution in [3.8, 4) is 6.07 Å². The molecule has 11 nitrogen and oxygen atoms in total. The fraction of sp³-hybridized carbons (Fsp3) is 0.750. The first kappa shape index (κ1) is 27.1. The Hall–Kier alpha value is -1.93. The van der Waals surface area contributed by atoms with Crippen LogP contribution in [-0.2, 0) is 13.8 Å². The van der Waals surface area contributed by atoms with Crippen LogP contribution >= 0.6 is 8.53 Å². The van der Waals surface area contributed by atoms with Crippen LogP contribution in [0.15, 0.2) is 11.1 Å². The molecule has 0 spiro atoms. The summed E-state index contributed by atoms with van der Waals surface area (Å²) in [4.78, 5) is 26.1. The van der Waals surface area contributed by atoms with Gasteiger partial charge in [0.15, 0.2) is 11.2 Å². The highest BCUT2D eigenvalue weighted by Crippen LogP contribution is 2.47. The lowest BCUT2D eigenvalue weighted by molar-refractivity contribution is -0.191. The van der Waals surface area contributed by atoms with Gasteiger partial charge in [0.05, 0.1) is 32.0 Å². The number of ether oxygens (including phenoxy) is 1. The van der Waals surface area contributed by atoms with E-state index in [1.165, 1.54) is 0 Å². The van der Waals surface area contributed by atoms with Crippen LogP contribution in [0.3, 0.4) is 0 Å². The number of imidazole rings is 1. The normalized spacial score (nSPS) is 22.6. The number of nitriles is 1. The lowest BCUT2D eigenvalue weighted by Crippen LogP contribution is -2.56. The third-order valence-corrected chi connectivity index (χ3v) is 8.01. The number of H-pyrrole nitrogens is 1. The minimum Gasteiger partial charge on any atom is -0.347 e. The number of nitrogens with zero attached hydrogens (tertiary/aromatic N) is 6. The maximum atomic E-state index is 12.4. The summed E-state index contributed by atoms with van der Waals surface area (Å²) < 4.78 is 31.5. The van der Waals surface area contributed by atoms with Crippen molar-refractivity contribution in [1.29, 1.82) is 5.26 Å². The van der Waals surface area contributed by atoms with Gasteiger partial charge in [0.2, 0.25) is 0 Å². The summed E-state index contributed by atoms with van der Waals surface area (Å²) in [6.45, 7) is 15.7. The molecule has 1 saturated heterocycles. The topological polar surface area (TPSA) is 122 Å². The number of aromatic amines is 1. The molecule has 1 unspecified atom stereocenters. The average Bonchev–Trinajstić information content (AvgIpc) is 3.26. The van der Waals surface area contributed by atoms with Gasteiger partial charge >= 0.3 is 0 Å². The van der Waals surface area contributed by atoms with Gasteiger partial charge in [-0.25, -0.2) is 14.6 Å². The predicted molar refractivity (Wildman–Crippen MR) is 139 cm³/mol. The van der Waals surface area contributed by atoms with Gasteiger partial charge in [-0.2, -0.15) is 5.26 Å². The quantitative estimate of drug-likeness (QED) is 0.348. The van der Waals surface area contributed by atoms with Gasteiger partial charge in [-0.15, -0.1) is 0 Å². The monoisotopic (exact) mass is 522 g/mol. The molecule has 1 aliphatic heterocycles. The molecule has 1 N–H and O–H groups in total. The Morgan fingerprint density at radius 2 is 2.08 bits per heavy atom. The van der Waals surface area contributed by atoms with Crippen molar-refractivity contribution in [3.05, 3.63) is 22.5 Å². The first-order chi connectivity index (χ1) is 17.5. The molecule has 0 aromatic carbocycles. The molecule has 12 heteroatoms. The second-order valence-corrected chi connectivity index (χ2v) is 11.5. The summed E-state index contributed by atoms with van der Waals surface area (Å²) in [5.74, 6) is 0.494. The number of aromatic nitrogens is 4. The standard InChI is InChI=1S/C24H40N7O4P/c1-16(2)29-12-20(30-15-26-21-22(30)27-19(7)28-23(21)32)35-24(8,13-29)14-34-36(33-11-9-10-25)31(17(3)4)18(5)6/h15-18,20H,9,11-14H2,1-8H3,(H,27,28,32)/t20-,24+,36?/m1/s1/i8D. The van der Waals surface area contributed by atoms with Crippen LogP contribution in [0.5, 0.6) is 0 Å². The van der Waals surface area contributed by atoms with Gasteiger partial charge in [-0.05, 0) is 55.4 Å². The third kappa shape index (κ3) is 6.68. The molecule has 36 heavy (non-hydrogen) atoms. The molecule has 1 aliphatic rings. The smallest absolute Gasteiger partial charge is 0.279 e. The molecule has 200 valence electrons. The van der Waals surface area contributed by atoms with E-state index in [4.69, 9.17) is 20.4 Å². The molecule has 2 aromatic rings. The zero-order chi connectivity index (χ0) is 27.3. The first-order valence-electron chi connectivity index (χ1n) is 13.1. The Balaban J connectivity index is 1.92. The van der Waals surface area contributed by atoms with Crippen molar-refractivity contribution in [1.82, 2.24) is 29.1 Å². The molecule has 0 bridgehead atoms. The van der Waals surface area contributed by atoms with Crippen LogP contribution in [0, 0.1) is 18.3 Å². The van der Waals surface area contributed by atoms with Crippen molar-refractivity contribution >= 4 is 19.7 Å². The second-order valence-electron chi connectivity index (χ2n) is 10.1. The molecule has 3 heterocycles. The third-order valence-electron chi connectivity index (χ3n) is 5.96. The lowest BCUT2D eigenvalue weighted by atomic mass is 10.0. The van der Waals surface area contributed by atoms with Crippen LogP contribution < -0.4 is 5.56 Å². The molecular weight excluding hydrogens is 481 g/mol. The van der Waals surface area contributed by atoms with Crippen LogP contribution in [0.1, 0.15) is 68.3 Å². The number of rotatable bonds is 11. The summed E-state index contributed by atoms with van der Waals surface area (Å²) in [7, 11) is -1.48. The number of hydrogen-bond acceptors (Lipinski definition) is 9. The van der Waals surface area contributed by atoms with Crippen molar-refractivity contribution in [2.75, 3.05) is 26.3 Å². The summed E-state index contributed by atoms with van der Waals surface area (Å²) in [6, 6.07) is 2.64. The van der Waals surface area contributed by atoms with Crippen molar-refractivity contribution in [2.45, 2.75) is 91.7 Å². The summed E-state index contributed by atoms with van der Waals surface area (Å²) >= 11 is 0. The Morgan fingerprint density at radius 1 is 1.36 bits per heavy atom. The lowest BCUT2D eigenvalue weighted by Gasteiger charge is -2.47. The highest BCUT2D eigenvalue weighted by molar-refractivity contribution is 7.44. The van der Waals surface area contributed by atoms with Gasteiger partial charge < -0.3 is 18.8 Å². The number of morpholine rings is 1. The van der Waals surface area contributed by atoms with Gasteiger partial charge in [-0.3, -0.25) is 14.3 Å². The van der Waals surface area contributed by atoms with Crippen molar-refractivity contribution < 1.29 is 15.2 Å². The number of fused-ring (bicyclic) bond motifs is 1. The van der Waals surface area contributed by atoms with E-state index < -0.39 is 20.4 Å². The number of nitrogens with one attached hydrogen (secondary N) is 1. The Bertz CT molecular complexity index is 1130. The minimum atomic E-state index is -1.48. The molecule has 0 radical (unpaired) electrons. The second kappa shape index (κ2) is 12.1. The molecular formula is C24H40N7O4P. The van der Waals surface area contributed by atoms with E-state index in [1.54, 1.807) is 17.8 Å². The van der Waals surface area contributed by atoms with Gasteiger partial charge in [0, 0.05) is 32.6 Å². The minimum absolute atomic E-state index is 0.0306. The zero-order valence-corrected chi connectivity index (χ0v) is 23.3. The molecule has 0 saturated carbocycles. The highest BCUT2D eigenvalue weighted by Gasteiger charge is 2.41. The van der Waals surface area contributed by atoms with Crippen LogP contribution in [-0.4, -0.2) is 79.1 Å². The maximum absolute atomic E-state index is 12.4. The van der Waals surface area contributed by atoms with E-state index in [9.17, 15) is 4.79 Å². The average molecular weight is 523 g/mol. The molecule has 1 fully saturated rings. The summed E-state index contributed by atoms with van der Waals surface area (Å²) in [5.41, 5.74) is -0.540. The summed E-state index contributed by atoms with van der Waals surface area (Å²) in [5, 5.41) is 9.00. The Kier molecular flexibility index (Phi) is 9.10. The fourth-order valence-corrected chi connectivity index (χ4v) is 6.04. The number of aryl methyl sites for hydroxylation is 1. The fourth-order valence-electron chi connectivity index (χ4n) is 4.35. The van der Waals surface area contributed by atoms with Gasteiger partial charge in [0.1, 0.15) is 17.7 Å². The Morgan fingerprint density at radius 3 is 2.69 bits per heavy atom. The van der Waals surface area contributed by atoms with E-state index in [1.807, 2.05) is 0 Å². The highest BCUT2D eigenvalue weighted by atomic mass is 31.2. The summed E-state index contributed by atoms with van der Waals surface area (Å²) in [6.07, 6.45) is 1.34. The predicted octanol–water partition coefficient (Wildman–Crippen LogP) is 3.72. The van der Waals surface area contributed by atoms with E-state index in [0.717, 1.165) is 0 Å². The zero-order valence-electron chi connectivity index (χ0n) is 23.4. The molecule has 3 rings (SSSR count). The van der Waals surface area contributed by atoms with Gasteiger partial charge in [0.25, 0.3) is 14.1 Å². The van der Waals surface area contributed by atoms with E-state index in [0.29, 0.717) is 24.6 Å². The maximum Gasteiger partial charge on any atom is 0.279 e. The molecule has 3 atom stereocenters. The Labute approximate surface area is 216 Å². The molecule has 0 aliphatic carbocycles. The van der Waals surface area contributed by atoms with Crippen LogP contribution in [0.2, 0.25) is 0 Å². The SMILES string of the molecule is [2H]C[C@@]1(COP(OCCC#N)N(C(C)C)C(C)C)CN(C(C)C)C[C@H](n2cnc3c(=O)[nH]c(C)nc32)O1. The van der Waals surface area contributed by atoms with Gasteiger partial charge in [-0.1, -0.05) is 0 Å². The van der Waals surface area contributed by atoms with E-state index in [-0.39, 0.29) is 55.7 Å². The van der Waals surface area contributed by atoms with Crippen LogP contribution in [0.4, 0.5) is 0 Å². The van der Waals surface area contributed by atoms with Crippen LogP contribution in [0.25, 0.3) is 11.2 Å². The van der Waals surface area contributed by atoms with E-state index >= 15 is 0 Å². The van der Waals surface area contributed by atoms with Crippen molar-refractivity contribution in [2.24, 2.45) is 0 Å². The number of hydrogen-bond donors (Lipinski definition) is 1. The first-order valence-corrected chi connectivity index (χ1v) is 13.5. The molecule has 0 amide bonds. The van der Waals surface area contributed by atoms with E-state index in [2.05, 4.69) is 72.1 Å². The molecule has 2 aromatic heterocycles.